The van der Waals surface area contributed by atoms with E-state index in [4.69, 9.17) is 16.1 Å². The minimum absolute atomic E-state index is 0.166. The number of thioether (sulfide) groups is 1. The molecule has 0 N–H and O–H groups in total. The Labute approximate surface area is 92.6 Å². The molecule has 1 aliphatic rings. The van der Waals surface area contributed by atoms with Crippen LogP contribution >= 0.6 is 23.4 Å². The third kappa shape index (κ3) is 2.23. The lowest BCUT2D eigenvalue weighted by Gasteiger charge is -2.16. The van der Waals surface area contributed by atoms with E-state index in [1.165, 1.54) is 18.6 Å². The lowest BCUT2D eigenvalue weighted by Crippen LogP contribution is -2.02. The van der Waals surface area contributed by atoms with Crippen molar-refractivity contribution in [3.8, 4) is 0 Å². The maximum absolute atomic E-state index is 5.86. The minimum Gasteiger partial charge on any atom is -0.338 e. The highest BCUT2D eigenvalue weighted by Crippen LogP contribution is 2.37. The third-order valence-electron chi connectivity index (χ3n) is 2.27. The molecule has 0 amide bonds. The van der Waals surface area contributed by atoms with Crippen LogP contribution in [-0.4, -0.2) is 15.9 Å². The SMILES string of the molecule is CC(Cl)c1noc(C2CCCCS2)n1. The predicted octanol–water partition coefficient (Wildman–Crippen LogP) is 3.33. The Hall–Kier alpha value is -0.220. The topological polar surface area (TPSA) is 38.9 Å². The van der Waals surface area contributed by atoms with Crippen molar-refractivity contribution < 1.29 is 4.52 Å². The molecule has 2 atom stereocenters. The van der Waals surface area contributed by atoms with E-state index in [2.05, 4.69) is 10.1 Å². The molecule has 0 aromatic carbocycles. The molecule has 0 saturated carbocycles. The summed E-state index contributed by atoms with van der Waals surface area (Å²) < 4.78 is 5.20. The average molecular weight is 233 g/mol. The largest absolute Gasteiger partial charge is 0.338 e. The van der Waals surface area contributed by atoms with Crippen LogP contribution in [0.15, 0.2) is 4.52 Å². The van der Waals surface area contributed by atoms with E-state index in [1.807, 2.05) is 18.7 Å². The highest BCUT2D eigenvalue weighted by Gasteiger charge is 2.22. The van der Waals surface area contributed by atoms with E-state index < -0.39 is 0 Å². The van der Waals surface area contributed by atoms with Gasteiger partial charge in [-0.2, -0.15) is 4.98 Å². The van der Waals surface area contributed by atoms with Crippen LogP contribution in [0.5, 0.6) is 0 Å². The summed E-state index contributed by atoms with van der Waals surface area (Å²) in [5, 5.41) is 4.08. The number of alkyl halides is 1. The molecule has 5 heteroatoms. The van der Waals surface area contributed by atoms with Gasteiger partial charge < -0.3 is 4.52 Å². The summed E-state index contributed by atoms with van der Waals surface area (Å²) >= 11 is 7.77. The molecule has 1 aromatic rings. The second-order valence-corrected chi connectivity index (χ2v) is 5.43. The van der Waals surface area contributed by atoms with E-state index >= 15 is 0 Å². The van der Waals surface area contributed by atoms with Gasteiger partial charge in [0.25, 0.3) is 0 Å². The van der Waals surface area contributed by atoms with Crippen LogP contribution in [0.3, 0.4) is 0 Å². The Balaban J connectivity index is 2.07. The molecule has 1 saturated heterocycles. The van der Waals surface area contributed by atoms with E-state index in [0.29, 0.717) is 11.1 Å². The Morgan fingerprint density at radius 3 is 3.00 bits per heavy atom. The molecule has 0 spiro atoms. The highest BCUT2D eigenvalue weighted by atomic mass is 35.5. The molecule has 1 aromatic heterocycles. The maximum Gasteiger partial charge on any atom is 0.239 e. The molecule has 0 radical (unpaired) electrons. The average Bonchev–Trinajstić information content (AvgIpc) is 2.68. The predicted molar refractivity (Wildman–Crippen MR) is 57.6 cm³/mol. The number of nitrogens with zero attached hydrogens (tertiary/aromatic N) is 2. The molecule has 14 heavy (non-hydrogen) atoms. The first kappa shape index (κ1) is 10.3. The molecule has 2 heterocycles. The first-order valence-corrected chi connectivity index (χ1v) is 6.35. The van der Waals surface area contributed by atoms with Crippen LogP contribution in [0.4, 0.5) is 0 Å². The summed E-state index contributed by atoms with van der Waals surface area (Å²) in [6, 6.07) is 0. The summed E-state index contributed by atoms with van der Waals surface area (Å²) in [5.74, 6) is 2.55. The molecule has 2 unspecified atom stereocenters. The van der Waals surface area contributed by atoms with Gasteiger partial charge in [-0.25, -0.2) is 0 Å². The van der Waals surface area contributed by atoms with Gasteiger partial charge >= 0.3 is 0 Å². The summed E-state index contributed by atoms with van der Waals surface area (Å²) in [6.45, 7) is 1.85. The van der Waals surface area contributed by atoms with Gasteiger partial charge in [-0.05, 0) is 25.5 Å². The van der Waals surface area contributed by atoms with Crippen LogP contribution in [0.25, 0.3) is 0 Å². The zero-order valence-electron chi connectivity index (χ0n) is 8.07. The number of aromatic nitrogens is 2. The van der Waals surface area contributed by atoms with Crippen molar-refractivity contribution in [2.45, 2.75) is 36.8 Å². The molecule has 2 rings (SSSR count). The fraction of sp³-hybridized carbons (Fsp3) is 0.778. The number of hydrogen-bond donors (Lipinski definition) is 0. The summed E-state index contributed by atoms with van der Waals surface area (Å²) in [7, 11) is 0. The van der Waals surface area contributed by atoms with Crippen LogP contribution in [0, 0.1) is 0 Å². The molecular formula is C9H13ClN2OS. The first-order valence-electron chi connectivity index (χ1n) is 4.86. The van der Waals surface area contributed by atoms with Gasteiger partial charge in [0.2, 0.25) is 5.89 Å². The van der Waals surface area contributed by atoms with E-state index in [0.717, 1.165) is 12.3 Å². The molecule has 3 nitrogen and oxygen atoms in total. The lowest BCUT2D eigenvalue weighted by atomic mass is 10.2. The maximum atomic E-state index is 5.86. The van der Waals surface area contributed by atoms with Gasteiger partial charge in [0.15, 0.2) is 5.82 Å². The summed E-state index contributed by atoms with van der Waals surface area (Å²) in [5.41, 5.74) is 0. The molecule has 78 valence electrons. The van der Waals surface area contributed by atoms with Gasteiger partial charge in [-0.1, -0.05) is 11.6 Å². The van der Waals surface area contributed by atoms with E-state index in [-0.39, 0.29) is 5.38 Å². The summed E-state index contributed by atoms with van der Waals surface area (Å²) in [4.78, 5) is 4.30. The van der Waals surface area contributed by atoms with Gasteiger partial charge in [0.1, 0.15) is 0 Å². The van der Waals surface area contributed by atoms with Crippen molar-refractivity contribution in [1.82, 2.24) is 10.1 Å². The second-order valence-electron chi connectivity index (χ2n) is 3.46. The molecular weight excluding hydrogens is 220 g/mol. The first-order chi connectivity index (χ1) is 6.77. The molecule has 0 bridgehead atoms. The van der Waals surface area contributed by atoms with E-state index in [1.54, 1.807) is 0 Å². The Kier molecular flexibility index (Phi) is 3.34. The fourth-order valence-electron chi connectivity index (χ4n) is 1.48. The van der Waals surface area contributed by atoms with Crippen molar-refractivity contribution in [2.24, 2.45) is 0 Å². The van der Waals surface area contributed by atoms with Crippen LogP contribution < -0.4 is 0 Å². The zero-order chi connectivity index (χ0) is 9.97. The molecule has 0 aliphatic carbocycles. The standard InChI is InChI=1S/C9H13ClN2OS/c1-6(10)8-11-9(13-12-8)7-4-2-3-5-14-7/h6-7H,2-5H2,1H3. The zero-order valence-corrected chi connectivity index (χ0v) is 9.64. The molecule has 1 aliphatic heterocycles. The van der Waals surface area contributed by atoms with Crippen molar-refractivity contribution in [3.05, 3.63) is 11.7 Å². The van der Waals surface area contributed by atoms with E-state index in [9.17, 15) is 0 Å². The van der Waals surface area contributed by atoms with Crippen molar-refractivity contribution >= 4 is 23.4 Å². The smallest absolute Gasteiger partial charge is 0.239 e. The Morgan fingerprint density at radius 2 is 2.43 bits per heavy atom. The van der Waals surface area contributed by atoms with Crippen molar-refractivity contribution in [2.75, 3.05) is 5.75 Å². The van der Waals surface area contributed by atoms with Gasteiger partial charge in [-0.15, -0.1) is 23.4 Å². The Bertz CT molecular complexity index is 297. The monoisotopic (exact) mass is 232 g/mol. The normalized spacial score (nSPS) is 24.9. The summed E-state index contributed by atoms with van der Waals surface area (Å²) in [6.07, 6.45) is 3.70. The third-order valence-corrected chi connectivity index (χ3v) is 3.83. The second kappa shape index (κ2) is 4.53. The number of halogens is 1. The van der Waals surface area contributed by atoms with Crippen molar-refractivity contribution in [1.29, 1.82) is 0 Å². The van der Waals surface area contributed by atoms with Crippen LogP contribution in [-0.2, 0) is 0 Å². The highest BCUT2D eigenvalue weighted by molar-refractivity contribution is 7.99. The van der Waals surface area contributed by atoms with Gasteiger partial charge in [-0.3, -0.25) is 0 Å². The minimum atomic E-state index is -0.166. The number of hydrogen-bond acceptors (Lipinski definition) is 4. The van der Waals surface area contributed by atoms with Crippen molar-refractivity contribution in [3.63, 3.8) is 0 Å². The quantitative estimate of drug-likeness (QED) is 0.734. The van der Waals surface area contributed by atoms with Crippen LogP contribution in [0.2, 0.25) is 0 Å². The number of rotatable bonds is 2. The lowest BCUT2D eigenvalue weighted by molar-refractivity contribution is 0.365. The van der Waals surface area contributed by atoms with Gasteiger partial charge in [0, 0.05) is 0 Å². The fourth-order valence-corrected chi connectivity index (χ4v) is 2.79. The van der Waals surface area contributed by atoms with Crippen LogP contribution in [0.1, 0.15) is 48.5 Å². The van der Waals surface area contributed by atoms with Gasteiger partial charge in [0.05, 0.1) is 10.6 Å². The Morgan fingerprint density at radius 1 is 1.57 bits per heavy atom. The molecule has 1 fully saturated rings.